The molecule has 78 valence electrons. The van der Waals surface area contributed by atoms with Gasteiger partial charge in [-0.25, -0.2) is 4.98 Å². The Morgan fingerprint density at radius 1 is 1.20 bits per heavy atom. The van der Waals surface area contributed by atoms with Crippen LogP contribution in [0.25, 0.3) is 0 Å². The second-order valence-electron chi connectivity index (χ2n) is 3.62. The number of hydrogen-bond donors (Lipinski definition) is 0. The van der Waals surface area contributed by atoms with Crippen molar-refractivity contribution in [1.82, 2.24) is 9.55 Å². The normalized spacial score (nSPS) is 10.6. The molecule has 0 saturated carbocycles. The van der Waals surface area contributed by atoms with Crippen LogP contribution in [0.4, 0.5) is 0 Å². The molecule has 0 amide bonds. The molecule has 3 heteroatoms. The first kappa shape index (κ1) is 10.2. The highest BCUT2D eigenvalue weighted by atomic mass is 35.5. The number of hydrogen-bond acceptors (Lipinski definition) is 1. The topological polar surface area (TPSA) is 17.8 Å². The minimum atomic E-state index is 0.564. The number of rotatable bonds is 2. The Hall–Kier alpha value is -1.28. The van der Waals surface area contributed by atoms with Gasteiger partial charge >= 0.3 is 0 Å². The van der Waals surface area contributed by atoms with Crippen LogP contribution in [0.3, 0.4) is 0 Å². The third-order valence-corrected chi connectivity index (χ3v) is 2.88. The van der Waals surface area contributed by atoms with Crippen molar-refractivity contribution < 1.29 is 0 Å². The summed E-state index contributed by atoms with van der Waals surface area (Å²) in [6.45, 7) is 4.80. The van der Waals surface area contributed by atoms with Gasteiger partial charge in [0.15, 0.2) is 0 Å². The fraction of sp³-hybridized carbons (Fsp3) is 0.250. The molecule has 15 heavy (non-hydrogen) atoms. The molecule has 0 radical (unpaired) electrons. The molecule has 1 aromatic carbocycles. The van der Waals surface area contributed by atoms with Crippen LogP contribution in [0.1, 0.15) is 17.0 Å². The standard InChI is InChI=1S/C12H13ClN2/c1-9-10(2)15(12(13)14-9)8-11-6-4-3-5-7-11/h3-7H,8H2,1-2H3. The lowest BCUT2D eigenvalue weighted by molar-refractivity contribution is 0.770. The smallest absolute Gasteiger partial charge is 0.203 e. The van der Waals surface area contributed by atoms with E-state index in [-0.39, 0.29) is 0 Å². The zero-order chi connectivity index (χ0) is 10.8. The average Bonchev–Trinajstić information content (AvgIpc) is 2.47. The first-order chi connectivity index (χ1) is 7.18. The van der Waals surface area contributed by atoms with Crippen LogP contribution in [0.5, 0.6) is 0 Å². The van der Waals surface area contributed by atoms with Crippen LogP contribution >= 0.6 is 11.6 Å². The fourth-order valence-corrected chi connectivity index (χ4v) is 1.88. The molecule has 0 aliphatic rings. The molecule has 0 fully saturated rings. The molecule has 0 atom stereocenters. The third-order valence-electron chi connectivity index (χ3n) is 2.59. The summed E-state index contributed by atoms with van der Waals surface area (Å²) in [6, 6.07) is 10.2. The van der Waals surface area contributed by atoms with E-state index >= 15 is 0 Å². The molecular formula is C12H13ClN2. The molecule has 1 aromatic heterocycles. The summed E-state index contributed by atoms with van der Waals surface area (Å²) in [5, 5.41) is 0.564. The summed E-state index contributed by atoms with van der Waals surface area (Å²) in [6.07, 6.45) is 0. The van der Waals surface area contributed by atoms with Crippen molar-refractivity contribution in [3.63, 3.8) is 0 Å². The molecule has 0 aliphatic heterocycles. The highest BCUT2D eigenvalue weighted by Crippen LogP contribution is 2.16. The van der Waals surface area contributed by atoms with Gasteiger partial charge in [-0.2, -0.15) is 0 Å². The Balaban J connectivity index is 2.32. The summed E-state index contributed by atoms with van der Waals surface area (Å²) in [4.78, 5) is 4.24. The predicted molar refractivity (Wildman–Crippen MR) is 62.3 cm³/mol. The van der Waals surface area contributed by atoms with Gasteiger partial charge in [-0.1, -0.05) is 30.3 Å². The van der Waals surface area contributed by atoms with Gasteiger partial charge in [0.25, 0.3) is 0 Å². The van der Waals surface area contributed by atoms with E-state index in [1.54, 1.807) is 0 Å². The highest BCUT2D eigenvalue weighted by Gasteiger charge is 2.08. The molecule has 0 spiro atoms. The summed E-state index contributed by atoms with van der Waals surface area (Å²) in [7, 11) is 0. The maximum absolute atomic E-state index is 6.05. The number of aromatic nitrogens is 2. The first-order valence-electron chi connectivity index (χ1n) is 4.91. The Kier molecular flexibility index (Phi) is 2.78. The summed E-state index contributed by atoms with van der Waals surface area (Å²) < 4.78 is 2.02. The number of benzene rings is 1. The molecule has 0 N–H and O–H groups in total. The van der Waals surface area contributed by atoms with Crippen molar-refractivity contribution in [2.75, 3.05) is 0 Å². The highest BCUT2D eigenvalue weighted by molar-refractivity contribution is 6.28. The van der Waals surface area contributed by atoms with Gasteiger partial charge in [-0.3, -0.25) is 0 Å². The Morgan fingerprint density at radius 3 is 2.40 bits per heavy atom. The molecule has 0 bridgehead atoms. The Morgan fingerprint density at radius 2 is 1.87 bits per heavy atom. The van der Waals surface area contributed by atoms with Crippen molar-refractivity contribution in [2.45, 2.75) is 20.4 Å². The lowest BCUT2D eigenvalue weighted by Crippen LogP contribution is -2.01. The number of imidazole rings is 1. The monoisotopic (exact) mass is 220 g/mol. The van der Waals surface area contributed by atoms with Gasteiger partial charge in [0.05, 0.1) is 12.2 Å². The number of nitrogens with zero attached hydrogens (tertiary/aromatic N) is 2. The van der Waals surface area contributed by atoms with Crippen LogP contribution in [0.15, 0.2) is 30.3 Å². The van der Waals surface area contributed by atoms with Crippen LogP contribution in [0, 0.1) is 13.8 Å². The minimum Gasteiger partial charge on any atom is -0.315 e. The first-order valence-corrected chi connectivity index (χ1v) is 5.29. The van der Waals surface area contributed by atoms with Crippen molar-refractivity contribution in [3.05, 3.63) is 52.6 Å². The van der Waals surface area contributed by atoms with E-state index < -0.39 is 0 Å². The van der Waals surface area contributed by atoms with Gasteiger partial charge in [0, 0.05) is 5.69 Å². The summed E-state index contributed by atoms with van der Waals surface area (Å²) in [5.41, 5.74) is 3.36. The second kappa shape index (κ2) is 4.07. The Labute approximate surface area is 94.5 Å². The molecule has 1 heterocycles. The lowest BCUT2D eigenvalue weighted by atomic mass is 10.2. The van der Waals surface area contributed by atoms with Gasteiger partial charge in [-0.15, -0.1) is 0 Å². The van der Waals surface area contributed by atoms with E-state index in [0.717, 1.165) is 17.9 Å². The van der Waals surface area contributed by atoms with Crippen LogP contribution in [-0.2, 0) is 6.54 Å². The van der Waals surface area contributed by atoms with E-state index in [0.29, 0.717) is 5.28 Å². The van der Waals surface area contributed by atoms with E-state index in [4.69, 9.17) is 11.6 Å². The number of halogens is 1. The van der Waals surface area contributed by atoms with Gasteiger partial charge in [-0.05, 0) is 31.0 Å². The van der Waals surface area contributed by atoms with E-state index in [1.807, 2.05) is 36.6 Å². The van der Waals surface area contributed by atoms with Crippen LogP contribution < -0.4 is 0 Å². The van der Waals surface area contributed by atoms with Crippen molar-refractivity contribution in [2.24, 2.45) is 0 Å². The molecule has 0 saturated heterocycles. The summed E-state index contributed by atoms with van der Waals surface area (Å²) in [5.74, 6) is 0. The van der Waals surface area contributed by atoms with Gasteiger partial charge in [0.1, 0.15) is 0 Å². The molecule has 0 unspecified atom stereocenters. The van der Waals surface area contributed by atoms with Crippen LogP contribution in [-0.4, -0.2) is 9.55 Å². The molecule has 2 rings (SSSR count). The largest absolute Gasteiger partial charge is 0.315 e. The van der Waals surface area contributed by atoms with Crippen molar-refractivity contribution >= 4 is 11.6 Å². The number of aryl methyl sites for hydroxylation is 1. The molecular weight excluding hydrogens is 208 g/mol. The molecule has 2 aromatic rings. The fourth-order valence-electron chi connectivity index (χ4n) is 1.56. The van der Waals surface area contributed by atoms with E-state index in [2.05, 4.69) is 17.1 Å². The summed E-state index contributed by atoms with van der Waals surface area (Å²) >= 11 is 6.05. The van der Waals surface area contributed by atoms with Gasteiger partial charge in [0.2, 0.25) is 5.28 Å². The predicted octanol–water partition coefficient (Wildman–Crippen LogP) is 3.20. The molecule has 0 aliphatic carbocycles. The zero-order valence-corrected chi connectivity index (χ0v) is 9.62. The minimum absolute atomic E-state index is 0.564. The van der Waals surface area contributed by atoms with Crippen LogP contribution in [0.2, 0.25) is 5.28 Å². The third kappa shape index (κ3) is 2.05. The van der Waals surface area contributed by atoms with Gasteiger partial charge < -0.3 is 4.57 Å². The second-order valence-corrected chi connectivity index (χ2v) is 3.96. The quantitative estimate of drug-likeness (QED) is 0.760. The maximum atomic E-state index is 6.05. The SMILES string of the molecule is Cc1nc(Cl)n(Cc2ccccc2)c1C. The van der Waals surface area contributed by atoms with E-state index in [9.17, 15) is 0 Å². The zero-order valence-electron chi connectivity index (χ0n) is 8.87. The molecule has 2 nitrogen and oxygen atoms in total. The average molecular weight is 221 g/mol. The van der Waals surface area contributed by atoms with E-state index in [1.165, 1.54) is 5.56 Å². The lowest BCUT2D eigenvalue weighted by Gasteiger charge is -2.06. The van der Waals surface area contributed by atoms with Crippen molar-refractivity contribution in [3.8, 4) is 0 Å². The maximum Gasteiger partial charge on any atom is 0.203 e. The van der Waals surface area contributed by atoms with Crippen molar-refractivity contribution in [1.29, 1.82) is 0 Å². The Bertz CT molecular complexity index is 460.